The Morgan fingerprint density at radius 2 is 1.34 bits per heavy atom. The number of piperidine rings is 1. The lowest BCUT2D eigenvalue weighted by molar-refractivity contribution is 0.200. The number of likely N-dealkylation sites (tertiary alicyclic amines) is 1. The van der Waals surface area contributed by atoms with E-state index in [2.05, 4.69) is 76.3 Å². The number of nitrogens with zero attached hydrogens (tertiary/aromatic N) is 3. The van der Waals surface area contributed by atoms with Crippen LogP contribution in [0.25, 0.3) is 22.3 Å². The van der Waals surface area contributed by atoms with Gasteiger partial charge in [0.1, 0.15) is 11.6 Å². The minimum atomic E-state index is -0.214. The molecule has 0 bridgehead atoms. The molecule has 3 aliphatic rings. The molecule has 0 unspecified atom stereocenters. The number of hydrogen-bond acceptors (Lipinski definition) is 6. The van der Waals surface area contributed by atoms with Gasteiger partial charge >= 0.3 is 0 Å². The zero-order chi connectivity index (χ0) is 36.5. The van der Waals surface area contributed by atoms with Gasteiger partial charge in [0.2, 0.25) is 0 Å². The van der Waals surface area contributed by atoms with Crippen molar-refractivity contribution in [2.24, 2.45) is 0 Å². The molecule has 53 heavy (non-hydrogen) atoms. The average Bonchev–Trinajstić information content (AvgIpc) is 4.13. The quantitative estimate of drug-likeness (QED) is 0.121. The van der Waals surface area contributed by atoms with Crippen LogP contribution in [0.15, 0.2) is 91.3 Å². The molecule has 1 aliphatic heterocycles. The highest BCUT2D eigenvalue weighted by Gasteiger charge is 2.30. The van der Waals surface area contributed by atoms with Gasteiger partial charge in [-0.15, -0.1) is 0 Å². The van der Waals surface area contributed by atoms with Crippen molar-refractivity contribution in [1.29, 1.82) is 0 Å². The third kappa shape index (κ3) is 7.77. The van der Waals surface area contributed by atoms with Crippen LogP contribution in [0.2, 0.25) is 0 Å². The molecule has 3 fully saturated rings. The summed E-state index contributed by atoms with van der Waals surface area (Å²) in [5, 5.41) is 0. The van der Waals surface area contributed by atoms with E-state index in [-0.39, 0.29) is 5.82 Å². The van der Waals surface area contributed by atoms with Gasteiger partial charge in [0, 0.05) is 61.4 Å². The lowest BCUT2D eigenvalue weighted by atomic mass is 9.96. The van der Waals surface area contributed by atoms with E-state index in [1.165, 1.54) is 59.1 Å². The Labute approximate surface area is 313 Å². The SMILES string of the molecule is COc1cc(-c2cncc(CN3CCC(N(Cc4cccc(-c5cc(OC)c(OC)c(C6CC6)c5)c4)c4ccc(F)cc4)CC3)c2)cc(C2CC2)c1C. The summed E-state index contributed by atoms with van der Waals surface area (Å²) in [5.74, 6) is 3.55. The number of anilines is 1. The molecule has 2 saturated carbocycles. The smallest absolute Gasteiger partial charge is 0.164 e. The van der Waals surface area contributed by atoms with E-state index >= 15 is 0 Å². The zero-order valence-electron chi connectivity index (χ0n) is 31.4. The van der Waals surface area contributed by atoms with Gasteiger partial charge in [-0.05, 0) is 151 Å². The molecule has 6 nitrogen and oxygen atoms in total. The Morgan fingerprint density at radius 1 is 0.679 bits per heavy atom. The molecule has 7 heteroatoms. The van der Waals surface area contributed by atoms with E-state index in [4.69, 9.17) is 14.2 Å². The Kier molecular flexibility index (Phi) is 10.1. The number of benzene rings is 4. The highest BCUT2D eigenvalue weighted by Crippen LogP contribution is 2.49. The second-order valence-electron chi connectivity index (χ2n) is 15.1. The van der Waals surface area contributed by atoms with E-state index in [0.717, 1.165) is 78.6 Å². The van der Waals surface area contributed by atoms with E-state index in [1.54, 1.807) is 33.5 Å². The number of aromatic nitrogens is 1. The second-order valence-corrected chi connectivity index (χ2v) is 15.1. The summed E-state index contributed by atoms with van der Waals surface area (Å²) in [7, 11) is 5.20. The van der Waals surface area contributed by atoms with Crippen molar-refractivity contribution >= 4 is 5.69 Å². The maximum Gasteiger partial charge on any atom is 0.164 e. The maximum absolute atomic E-state index is 14.1. The fourth-order valence-electron chi connectivity index (χ4n) is 8.25. The number of ether oxygens (including phenoxy) is 3. The molecule has 8 rings (SSSR count). The van der Waals surface area contributed by atoms with Crippen LogP contribution >= 0.6 is 0 Å². The maximum atomic E-state index is 14.1. The van der Waals surface area contributed by atoms with Gasteiger partial charge in [-0.1, -0.05) is 24.3 Å². The van der Waals surface area contributed by atoms with E-state index in [9.17, 15) is 4.39 Å². The summed E-state index contributed by atoms with van der Waals surface area (Å²) < 4.78 is 31.5. The monoisotopic (exact) mass is 711 g/mol. The number of pyridine rings is 1. The molecular formula is C46H50FN3O3. The van der Waals surface area contributed by atoms with Crippen LogP contribution in [0, 0.1) is 12.7 Å². The molecule has 4 aromatic carbocycles. The van der Waals surface area contributed by atoms with E-state index in [1.807, 2.05) is 24.5 Å². The Morgan fingerprint density at radius 3 is 2.04 bits per heavy atom. The molecule has 1 aromatic heterocycles. The summed E-state index contributed by atoms with van der Waals surface area (Å²) in [6.07, 6.45) is 10.9. The molecule has 5 aromatic rings. The van der Waals surface area contributed by atoms with Crippen LogP contribution in [0.3, 0.4) is 0 Å². The lowest BCUT2D eigenvalue weighted by Crippen LogP contribution is -2.44. The van der Waals surface area contributed by atoms with Crippen molar-refractivity contribution in [3.8, 4) is 39.5 Å². The highest BCUT2D eigenvalue weighted by atomic mass is 19.1. The third-order valence-corrected chi connectivity index (χ3v) is 11.5. The van der Waals surface area contributed by atoms with Crippen LogP contribution in [-0.4, -0.2) is 50.3 Å². The standard InChI is InChI=1S/C46H50FN3O3/c1-30-42(33-8-9-33)22-37(24-44(30)51-2)38-21-32(26-48-27-38)28-49-18-16-41(17-19-49)50(40-14-12-39(47)13-15-40)29-31-6-5-7-35(20-31)36-23-43(34-10-11-34)46(53-4)45(25-36)52-3/h5-7,12-15,20-27,33-34,41H,8-11,16-19,28-29H2,1-4H3. The van der Waals surface area contributed by atoms with Gasteiger partial charge in [-0.25, -0.2) is 4.39 Å². The van der Waals surface area contributed by atoms with Crippen molar-refractivity contribution in [3.05, 3.63) is 125 Å². The Hall–Kier alpha value is -4.88. The van der Waals surface area contributed by atoms with Gasteiger partial charge in [-0.3, -0.25) is 9.88 Å². The topological polar surface area (TPSA) is 47.1 Å². The first kappa shape index (κ1) is 35.2. The fraction of sp³-hybridized carbons (Fsp3) is 0.370. The molecule has 2 aliphatic carbocycles. The largest absolute Gasteiger partial charge is 0.496 e. The predicted molar refractivity (Wildman–Crippen MR) is 211 cm³/mol. The predicted octanol–water partition coefficient (Wildman–Crippen LogP) is 10.3. The third-order valence-electron chi connectivity index (χ3n) is 11.5. The van der Waals surface area contributed by atoms with Gasteiger partial charge in [0.05, 0.1) is 21.3 Å². The van der Waals surface area contributed by atoms with Gasteiger partial charge in [0.15, 0.2) is 11.5 Å². The summed E-state index contributed by atoms with van der Waals surface area (Å²) in [4.78, 5) is 9.69. The van der Waals surface area contributed by atoms with Gasteiger partial charge in [0.25, 0.3) is 0 Å². The van der Waals surface area contributed by atoms with Crippen LogP contribution in [0.4, 0.5) is 10.1 Å². The van der Waals surface area contributed by atoms with Crippen molar-refractivity contribution < 1.29 is 18.6 Å². The van der Waals surface area contributed by atoms with Gasteiger partial charge in [-0.2, -0.15) is 0 Å². The highest BCUT2D eigenvalue weighted by molar-refractivity contribution is 5.71. The normalized spacial score (nSPS) is 16.4. The Balaban J connectivity index is 0.986. The van der Waals surface area contributed by atoms with Crippen LogP contribution < -0.4 is 19.1 Å². The average molecular weight is 712 g/mol. The molecule has 2 heterocycles. The summed E-state index contributed by atoms with van der Waals surface area (Å²) >= 11 is 0. The molecule has 1 saturated heterocycles. The summed E-state index contributed by atoms with van der Waals surface area (Å²) in [5.41, 5.74) is 12.0. The summed E-state index contributed by atoms with van der Waals surface area (Å²) in [6.45, 7) is 5.73. The van der Waals surface area contributed by atoms with Crippen molar-refractivity contribution in [1.82, 2.24) is 9.88 Å². The second kappa shape index (κ2) is 15.2. The van der Waals surface area contributed by atoms with Crippen LogP contribution in [-0.2, 0) is 13.1 Å². The number of halogens is 1. The molecule has 0 N–H and O–H groups in total. The summed E-state index contributed by atoms with van der Waals surface area (Å²) in [6, 6.07) is 27.3. The number of hydrogen-bond donors (Lipinski definition) is 0. The first-order valence-corrected chi connectivity index (χ1v) is 19.1. The van der Waals surface area contributed by atoms with Crippen LogP contribution in [0.5, 0.6) is 17.2 Å². The minimum Gasteiger partial charge on any atom is -0.496 e. The van der Waals surface area contributed by atoms with Crippen LogP contribution in [0.1, 0.15) is 78.2 Å². The molecule has 274 valence electrons. The van der Waals surface area contributed by atoms with E-state index < -0.39 is 0 Å². The van der Waals surface area contributed by atoms with Gasteiger partial charge < -0.3 is 19.1 Å². The van der Waals surface area contributed by atoms with E-state index in [0.29, 0.717) is 17.9 Å². The number of rotatable bonds is 13. The first-order valence-electron chi connectivity index (χ1n) is 19.1. The zero-order valence-corrected chi connectivity index (χ0v) is 31.4. The van der Waals surface area contributed by atoms with Crippen molar-refractivity contribution in [2.75, 3.05) is 39.3 Å². The van der Waals surface area contributed by atoms with Crippen molar-refractivity contribution in [3.63, 3.8) is 0 Å². The fourth-order valence-corrected chi connectivity index (χ4v) is 8.25. The lowest BCUT2D eigenvalue weighted by Gasteiger charge is -2.40. The molecule has 0 radical (unpaired) electrons. The Bertz CT molecular complexity index is 2070. The molecule has 0 spiro atoms. The molecular weight excluding hydrogens is 662 g/mol. The first-order chi connectivity index (χ1) is 25.9. The molecule has 0 atom stereocenters. The minimum absolute atomic E-state index is 0.214. The van der Waals surface area contributed by atoms with Crippen molar-refractivity contribution in [2.45, 2.75) is 76.4 Å². The number of methoxy groups -OCH3 is 3. The molecule has 0 amide bonds.